The average Bonchev–Trinajstić information content (AvgIpc) is 2.90. The molecule has 1 atom stereocenters. The van der Waals surface area contributed by atoms with Crippen LogP contribution in [0.1, 0.15) is 40.7 Å². The number of hydrogen-bond acceptors (Lipinski definition) is 5. The molecule has 0 bridgehead atoms. The highest BCUT2D eigenvalue weighted by molar-refractivity contribution is 5.93. The summed E-state index contributed by atoms with van der Waals surface area (Å²) in [6, 6.07) is 4.00. The molecule has 22 heavy (non-hydrogen) atoms. The summed E-state index contributed by atoms with van der Waals surface area (Å²) >= 11 is 0. The molecule has 0 saturated heterocycles. The number of aryl methyl sites for hydroxylation is 1. The molecule has 2 rings (SSSR count). The predicted molar refractivity (Wildman–Crippen MR) is 67.4 cm³/mol. The quantitative estimate of drug-likeness (QED) is 0.878. The monoisotopic (exact) mass is 315 g/mol. The Kier molecular flexibility index (Phi) is 4.45. The van der Waals surface area contributed by atoms with E-state index in [-0.39, 0.29) is 11.5 Å². The third kappa shape index (κ3) is 3.82. The Morgan fingerprint density at radius 3 is 2.73 bits per heavy atom. The van der Waals surface area contributed by atoms with Crippen molar-refractivity contribution in [1.82, 2.24) is 15.6 Å². The summed E-state index contributed by atoms with van der Waals surface area (Å²) < 4.78 is 42.6. The fraction of sp³-hybridized carbons (Fsp3) is 0.308. The van der Waals surface area contributed by atoms with Crippen molar-refractivity contribution in [2.45, 2.75) is 26.1 Å². The molecule has 118 valence electrons. The zero-order chi connectivity index (χ0) is 16.3. The lowest BCUT2D eigenvalue weighted by Crippen LogP contribution is -2.25. The zero-order valence-corrected chi connectivity index (χ0v) is 11.6. The molecule has 0 spiro atoms. The van der Waals surface area contributed by atoms with E-state index in [1.165, 1.54) is 6.07 Å². The van der Waals surface area contributed by atoms with E-state index in [1.54, 1.807) is 13.8 Å². The van der Waals surface area contributed by atoms with Gasteiger partial charge in [0.25, 0.3) is 11.8 Å². The number of nitrogens with zero attached hydrogens (tertiary/aromatic N) is 2. The van der Waals surface area contributed by atoms with Crippen LogP contribution < -0.4 is 5.48 Å². The van der Waals surface area contributed by atoms with Crippen LogP contribution in [0.2, 0.25) is 0 Å². The number of hydrogen-bond donors (Lipinski definition) is 1. The van der Waals surface area contributed by atoms with Crippen molar-refractivity contribution in [2.24, 2.45) is 0 Å². The van der Waals surface area contributed by atoms with E-state index in [9.17, 15) is 18.0 Å². The minimum Gasteiger partial charge on any atom is -0.336 e. The summed E-state index contributed by atoms with van der Waals surface area (Å²) in [4.78, 5) is 20.7. The maximum absolute atomic E-state index is 12.6. The lowest BCUT2D eigenvalue weighted by molar-refractivity contribution is -0.137. The van der Waals surface area contributed by atoms with Crippen molar-refractivity contribution in [3.05, 3.63) is 47.1 Å². The molecule has 1 aromatic carbocycles. The minimum atomic E-state index is -4.52. The SMILES string of the molecule is Cc1noc([C@H](C)ONC(=O)c2cccc(C(F)(F)F)c2)n1. The number of nitrogens with one attached hydrogen (secondary N) is 1. The van der Waals surface area contributed by atoms with E-state index in [0.29, 0.717) is 5.82 Å². The van der Waals surface area contributed by atoms with E-state index in [4.69, 9.17) is 9.36 Å². The third-order valence-electron chi connectivity index (χ3n) is 2.67. The van der Waals surface area contributed by atoms with E-state index < -0.39 is 23.8 Å². The second kappa shape index (κ2) is 6.14. The van der Waals surface area contributed by atoms with Gasteiger partial charge in [-0.05, 0) is 32.0 Å². The Morgan fingerprint density at radius 1 is 1.41 bits per heavy atom. The number of halogens is 3. The lowest BCUT2D eigenvalue weighted by atomic mass is 10.1. The molecule has 0 aliphatic rings. The van der Waals surface area contributed by atoms with Gasteiger partial charge >= 0.3 is 6.18 Å². The van der Waals surface area contributed by atoms with Crippen molar-refractivity contribution >= 4 is 5.91 Å². The van der Waals surface area contributed by atoms with E-state index in [2.05, 4.69) is 15.6 Å². The number of hydroxylamine groups is 1. The fourth-order valence-electron chi connectivity index (χ4n) is 1.57. The standard InChI is InChI=1S/C13H12F3N3O3/c1-7(12-17-8(2)18-22-12)21-19-11(20)9-4-3-5-10(6-9)13(14,15)16/h3-7H,1-2H3,(H,19,20)/t7-/m0/s1. The van der Waals surface area contributed by atoms with Gasteiger partial charge in [-0.15, -0.1) is 0 Å². The van der Waals surface area contributed by atoms with Gasteiger partial charge in [0.15, 0.2) is 11.9 Å². The molecule has 9 heteroatoms. The number of aromatic nitrogens is 2. The second-order valence-corrected chi connectivity index (χ2v) is 4.45. The first kappa shape index (κ1) is 16.0. The largest absolute Gasteiger partial charge is 0.416 e. The summed E-state index contributed by atoms with van der Waals surface area (Å²) in [7, 11) is 0. The highest BCUT2D eigenvalue weighted by atomic mass is 19.4. The average molecular weight is 315 g/mol. The smallest absolute Gasteiger partial charge is 0.336 e. The molecule has 0 fully saturated rings. The minimum absolute atomic E-state index is 0.141. The normalized spacial score (nSPS) is 13.0. The van der Waals surface area contributed by atoms with Gasteiger partial charge in [-0.3, -0.25) is 9.63 Å². The van der Waals surface area contributed by atoms with Crippen LogP contribution in [0.25, 0.3) is 0 Å². The summed E-state index contributed by atoms with van der Waals surface area (Å²) in [6.07, 6.45) is -5.26. The number of alkyl halides is 3. The van der Waals surface area contributed by atoms with E-state index in [1.807, 2.05) is 0 Å². The zero-order valence-electron chi connectivity index (χ0n) is 11.6. The van der Waals surface area contributed by atoms with E-state index >= 15 is 0 Å². The highest BCUT2D eigenvalue weighted by Crippen LogP contribution is 2.29. The van der Waals surface area contributed by atoms with Crippen LogP contribution in [0.3, 0.4) is 0 Å². The summed E-state index contributed by atoms with van der Waals surface area (Å²) in [5, 5.41) is 3.56. The Bertz CT molecular complexity index is 670. The number of carbonyl (C=O) groups is 1. The molecule has 0 aliphatic carbocycles. The molecule has 1 aromatic heterocycles. The summed E-state index contributed by atoms with van der Waals surface area (Å²) in [6.45, 7) is 3.15. The molecule has 0 aliphatic heterocycles. The van der Waals surface area contributed by atoms with Gasteiger partial charge in [0.2, 0.25) is 0 Å². The van der Waals surface area contributed by atoms with Crippen LogP contribution in [0.4, 0.5) is 13.2 Å². The molecule has 1 heterocycles. The number of benzene rings is 1. The molecule has 1 N–H and O–H groups in total. The number of carbonyl (C=O) groups excluding carboxylic acids is 1. The second-order valence-electron chi connectivity index (χ2n) is 4.45. The Morgan fingerprint density at radius 2 is 2.14 bits per heavy atom. The van der Waals surface area contributed by atoms with Gasteiger partial charge in [-0.25, -0.2) is 5.48 Å². The maximum Gasteiger partial charge on any atom is 0.416 e. The first-order valence-electron chi connectivity index (χ1n) is 6.21. The van der Waals surface area contributed by atoms with Crippen LogP contribution in [0.15, 0.2) is 28.8 Å². The predicted octanol–water partition coefficient (Wildman–Crippen LogP) is 2.82. The molecule has 0 saturated carbocycles. The highest BCUT2D eigenvalue weighted by Gasteiger charge is 2.31. The maximum atomic E-state index is 12.6. The molecular formula is C13H12F3N3O3. The van der Waals surface area contributed by atoms with Crippen LogP contribution in [0, 0.1) is 6.92 Å². The lowest BCUT2D eigenvalue weighted by Gasteiger charge is -2.11. The van der Waals surface area contributed by atoms with Crippen LogP contribution in [-0.4, -0.2) is 16.0 Å². The topological polar surface area (TPSA) is 77.3 Å². The Hall–Kier alpha value is -2.42. The van der Waals surface area contributed by atoms with Crippen molar-refractivity contribution in [1.29, 1.82) is 0 Å². The molecule has 0 unspecified atom stereocenters. The molecule has 6 nitrogen and oxygen atoms in total. The first-order valence-corrected chi connectivity index (χ1v) is 6.21. The van der Waals surface area contributed by atoms with Crippen molar-refractivity contribution in [3.8, 4) is 0 Å². The van der Waals surface area contributed by atoms with Gasteiger partial charge in [0.05, 0.1) is 5.56 Å². The molecule has 0 radical (unpaired) electrons. The van der Waals surface area contributed by atoms with Gasteiger partial charge in [0.1, 0.15) is 0 Å². The van der Waals surface area contributed by atoms with Crippen LogP contribution >= 0.6 is 0 Å². The van der Waals surface area contributed by atoms with Gasteiger partial charge in [0, 0.05) is 5.56 Å². The van der Waals surface area contributed by atoms with Gasteiger partial charge in [-0.1, -0.05) is 11.2 Å². The number of amides is 1. The Balaban J connectivity index is 2.01. The van der Waals surface area contributed by atoms with Crippen molar-refractivity contribution in [2.75, 3.05) is 0 Å². The molecule has 1 amide bonds. The first-order chi connectivity index (χ1) is 10.3. The van der Waals surface area contributed by atoms with Gasteiger partial charge < -0.3 is 4.52 Å². The summed E-state index contributed by atoms with van der Waals surface area (Å²) in [5.41, 5.74) is 0.958. The summed E-state index contributed by atoms with van der Waals surface area (Å²) in [5.74, 6) is -0.273. The van der Waals surface area contributed by atoms with Crippen molar-refractivity contribution < 1.29 is 27.3 Å². The third-order valence-corrected chi connectivity index (χ3v) is 2.67. The number of rotatable bonds is 4. The molecular weight excluding hydrogens is 303 g/mol. The van der Waals surface area contributed by atoms with E-state index in [0.717, 1.165) is 18.2 Å². The van der Waals surface area contributed by atoms with Crippen LogP contribution in [-0.2, 0) is 11.0 Å². The van der Waals surface area contributed by atoms with Crippen LogP contribution in [0.5, 0.6) is 0 Å². The molecule has 2 aromatic rings. The fourth-order valence-corrected chi connectivity index (χ4v) is 1.57. The Labute approximate surface area is 123 Å². The van der Waals surface area contributed by atoms with Gasteiger partial charge in [-0.2, -0.15) is 18.2 Å². The van der Waals surface area contributed by atoms with Crippen molar-refractivity contribution in [3.63, 3.8) is 0 Å².